The van der Waals surface area contributed by atoms with Gasteiger partial charge in [0.05, 0.1) is 5.01 Å². The fourth-order valence-electron chi connectivity index (χ4n) is 1.74. The van der Waals surface area contributed by atoms with E-state index in [9.17, 15) is 5.11 Å². The van der Waals surface area contributed by atoms with Crippen LogP contribution in [0.5, 0.6) is 5.75 Å². The molecular formula is C13H12N4O2S. The molecule has 6 nitrogen and oxygen atoms in total. The summed E-state index contributed by atoms with van der Waals surface area (Å²) in [5.74, 6) is 0.944. The number of rotatable bonds is 4. The van der Waals surface area contributed by atoms with Crippen molar-refractivity contribution < 1.29 is 9.63 Å². The molecule has 20 heavy (non-hydrogen) atoms. The van der Waals surface area contributed by atoms with Gasteiger partial charge in [-0.3, -0.25) is 0 Å². The van der Waals surface area contributed by atoms with Crippen LogP contribution in [0.15, 0.2) is 34.2 Å². The van der Waals surface area contributed by atoms with Crippen molar-refractivity contribution in [1.29, 1.82) is 0 Å². The second-order valence-corrected chi connectivity index (χ2v) is 5.08. The highest BCUT2D eigenvalue weighted by Crippen LogP contribution is 2.25. The predicted molar refractivity (Wildman–Crippen MR) is 75.3 cm³/mol. The molecule has 3 aromatic rings. The predicted octanol–water partition coefficient (Wildman–Crippen LogP) is 2.07. The number of thiazole rings is 1. The Morgan fingerprint density at radius 3 is 3.00 bits per heavy atom. The Morgan fingerprint density at radius 1 is 1.30 bits per heavy atom. The Hall–Kier alpha value is -2.25. The zero-order valence-corrected chi connectivity index (χ0v) is 11.3. The van der Waals surface area contributed by atoms with Crippen molar-refractivity contribution in [2.24, 2.45) is 5.73 Å². The number of nitrogens with zero attached hydrogens (tertiary/aromatic N) is 3. The largest absolute Gasteiger partial charge is 0.508 e. The first kappa shape index (κ1) is 12.8. The van der Waals surface area contributed by atoms with E-state index in [4.69, 9.17) is 10.3 Å². The second-order valence-electron chi connectivity index (χ2n) is 4.14. The molecule has 0 aliphatic carbocycles. The Labute approximate surface area is 118 Å². The van der Waals surface area contributed by atoms with Crippen LogP contribution in [0.1, 0.15) is 5.01 Å². The lowest BCUT2D eigenvalue weighted by molar-refractivity contribution is 0.431. The number of benzene rings is 1. The summed E-state index contributed by atoms with van der Waals surface area (Å²) in [6.07, 6.45) is 0.734. The van der Waals surface area contributed by atoms with Crippen LogP contribution in [0.4, 0.5) is 0 Å². The molecule has 0 radical (unpaired) electrons. The maximum atomic E-state index is 9.45. The summed E-state index contributed by atoms with van der Waals surface area (Å²) in [6.45, 7) is 0.561. The molecule has 0 atom stereocenters. The molecule has 3 N–H and O–H groups in total. The third-order valence-electron chi connectivity index (χ3n) is 2.66. The average molecular weight is 288 g/mol. The van der Waals surface area contributed by atoms with E-state index >= 15 is 0 Å². The summed E-state index contributed by atoms with van der Waals surface area (Å²) in [7, 11) is 0. The van der Waals surface area contributed by atoms with Gasteiger partial charge in [0.1, 0.15) is 11.4 Å². The van der Waals surface area contributed by atoms with E-state index in [0.29, 0.717) is 29.5 Å². The fraction of sp³-hybridized carbons (Fsp3) is 0.154. The molecule has 7 heteroatoms. The Bertz CT molecular complexity index is 722. The molecule has 0 aliphatic heterocycles. The van der Waals surface area contributed by atoms with Gasteiger partial charge in [-0.25, -0.2) is 4.98 Å². The molecule has 0 fully saturated rings. The minimum Gasteiger partial charge on any atom is -0.508 e. The van der Waals surface area contributed by atoms with Crippen LogP contribution in [0.2, 0.25) is 0 Å². The van der Waals surface area contributed by atoms with Gasteiger partial charge in [-0.1, -0.05) is 17.3 Å². The van der Waals surface area contributed by atoms with Gasteiger partial charge in [-0.15, -0.1) is 11.3 Å². The highest BCUT2D eigenvalue weighted by molar-refractivity contribution is 7.09. The summed E-state index contributed by atoms with van der Waals surface area (Å²) in [6, 6.07) is 6.69. The van der Waals surface area contributed by atoms with E-state index in [2.05, 4.69) is 15.1 Å². The van der Waals surface area contributed by atoms with Gasteiger partial charge in [-0.05, 0) is 18.7 Å². The van der Waals surface area contributed by atoms with Gasteiger partial charge in [0.25, 0.3) is 5.89 Å². The molecule has 102 valence electrons. The quantitative estimate of drug-likeness (QED) is 0.762. The zero-order valence-electron chi connectivity index (χ0n) is 10.5. The van der Waals surface area contributed by atoms with E-state index in [0.717, 1.165) is 11.4 Å². The molecule has 2 aromatic heterocycles. The Balaban J connectivity index is 1.89. The molecular weight excluding hydrogens is 276 g/mol. The standard InChI is InChI=1S/C13H12N4O2S/c14-5-4-11-15-10(7-20-11)13-16-12(17-19-13)8-2-1-3-9(18)6-8/h1-3,6-7,18H,4-5,14H2. The number of hydrogen-bond acceptors (Lipinski definition) is 7. The van der Waals surface area contributed by atoms with Crippen molar-refractivity contribution >= 4 is 11.3 Å². The van der Waals surface area contributed by atoms with Gasteiger partial charge >= 0.3 is 0 Å². The van der Waals surface area contributed by atoms with Crippen molar-refractivity contribution in [1.82, 2.24) is 15.1 Å². The highest BCUT2D eigenvalue weighted by atomic mass is 32.1. The lowest BCUT2D eigenvalue weighted by Gasteiger charge is -1.94. The molecule has 0 bridgehead atoms. The number of phenolic OH excluding ortho intramolecular Hbond substituents is 1. The minimum atomic E-state index is 0.160. The van der Waals surface area contributed by atoms with Crippen LogP contribution in [-0.2, 0) is 6.42 Å². The van der Waals surface area contributed by atoms with E-state index < -0.39 is 0 Å². The molecule has 0 saturated carbocycles. The van der Waals surface area contributed by atoms with Crippen LogP contribution in [0.3, 0.4) is 0 Å². The summed E-state index contributed by atoms with van der Waals surface area (Å²) >= 11 is 1.52. The van der Waals surface area contributed by atoms with Crippen LogP contribution < -0.4 is 5.73 Å². The van der Waals surface area contributed by atoms with Crippen molar-refractivity contribution in [2.75, 3.05) is 6.54 Å². The summed E-state index contributed by atoms with van der Waals surface area (Å²) in [5, 5.41) is 16.2. The third-order valence-corrected chi connectivity index (χ3v) is 3.57. The van der Waals surface area contributed by atoms with E-state index in [-0.39, 0.29) is 5.75 Å². The first-order valence-electron chi connectivity index (χ1n) is 6.04. The number of phenols is 1. The zero-order chi connectivity index (χ0) is 13.9. The van der Waals surface area contributed by atoms with Gasteiger partial charge in [0, 0.05) is 17.4 Å². The Kier molecular flexibility index (Phi) is 3.44. The molecule has 0 amide bonds. The first-order chi connectivity index (χ1) is 9.76. The number of hydrogen-bond donors (Lipinski definition) is 2. The number of aromatic nitrogens is 3. The van der Waals surface area contributed by atoms with Crippen molar-refractivity contribution in [3.63, 3.8) is 0 Å². The lowest BCUT2D eigenvalue weighted by Crippen LogP contribution is -2.01. The van der Waals surface area contributed by atoms with Gasteiger partial charge in [-0.2, -0.15) is 4.98 Å². The molecule has 1 aromatic carbocycles. The summed E-state index contributed by atoms with van der Waals surface area (Å²) in [5.41, 5.74) is 6.84. The molecule has 2 heterocycles. The van der Waals surface area contributed by atoms with Crippen molar-refractivity contribution in [3.8, 4) is 28.7 Å². The molecule has 3 rings (SSSR count). The van der Waals surface area contributed by atoms with E-state index in [1.165, 1.54) is 11.3 Å². The van der Waals surface area contributed by atoms with E-state index in [1.54, 1.807) is 24.3 Å². The van der Waals surface area contributed by atoms with Crippen LogP contribution in [0.25, 0.3) is 23.0 Å². The molecule has 0 unspecified atom stereocenters. The topological polar surface area (TPSA) is 98.1 Å². The fourth-order valence-corrected chi connectivity index (χ4v) is 2.53. The smallest absolute Gasteiger partial charge is 0.277 e. The minimum absolute atomic E-state index is 0.160. The SMILES string of the molecule is NCCc1nc(-c2nc(-c3cccc(O)c3)no2)cs1. The molecule has 0 saturated heterocycles. The van der Waals surface area contributed by atoms with Crippen molar-refractivity contribution in [3.05, 3.63) is 34.7 Å². The second kappa shape index (κ2) is 5.40. The normalized spacial score (nSPS) is 10.8. The van der Waals surface area contributed by atoms with Crippen LogP contribution in [-0.4, -0.2) is 26.8 Å². The van der Waals surface area contributed by atoms with Crippen LogP contribution in [0, 0.1) is 0 Å². The maximum absolute atomic E-state index is 9.45. The van der Waals surface area contributed by atoms with Gasteiger partial charge in [0.2, 0.25) is 5.82 Å². The summed E-state index contributed by atoms with van der Waals surface area (Å²) < 4.78 is 5.21. The number of aromatic hydroxyl groups is 1. The molecule has 0 aliphatic rings. The Morgan fingerprint density at radius 2 is 2.20 bits per heavy atom. The maximum Gasteiger partial charge on any atom is 0.277 e. The third kappa shape index (κ3) is 2.54. The van der Waals surface area contributed by atoms with Gasteiger partial charge in [0.15, 0.2) is 0 Å². The van der Waals surface area contributed by atoms with Gasteiger partial charge < -0.3 is 15.4 Å². The molecule has 0 spiro atoms. The lowest BCUT2D eigenvalue weighted by atomic mass is 10.2. The first-order valence-corrected chi connectivity index (χ1v) is 6.92. The highest BCUT2D eigenvalue weighted by Gasteiger charge is 2.13. The monoisotopic (exact) mass is 288 g/mol. The average Bonchev–Trinajstić information content (AvgIpc) is 3.07. The number of nitrogens with two attached hydrogens (primary N) is 1. The summed E-state index contributed by atoms with van der Waals surface area (Å²) in [4.78, 5) is 8.68. The van der Waals surface area contributed by atoms with E-state index in [1.807, 2.05) is 5.38 Å². The van der Waals surface area contributed by atoms with Crippen molar-refractivity contribution in [2.45, 2.75) is 6.42 Å². The van der Waals surface area contributed by atoms with Crippen LogP contribution >= 0.6 is 11.3 Å².